The maximum atomic E-state index is 13.5. The minimum atomic E-state index is -4.73. The van der Waals surface area contributed by atoms with E-state index in [1.165, 1.54) is 18.6 Å². The van der Waals surface area contributed by atoms with Gasteiger partial charge in [0.2, 0.25) is 0 Å². The Morgan fingerprint density at radius 3 is 2.40 bits per heavy atom. The van der Waals surface area contributed by atoms with Crippen LogP contribution in [0, 0.1) is 11.3 Å². The van der Waals surface area contributed by atoms with E-state index in [4.69, 9.17) is 21.9 Å². The molecule has 0 saturated carbocycles. The molecule has 2 aliphatic heterocycles. The summed E-state index contributed by atoms with van der Waals surface area (Å²) in [4.78, 5) is 33.3. The fourth-order valence-corrected chi connectivity index (χ4v) is 6.23. The maximum Gasteiger partial charge on any atom is 0.417 e. The number of hydrogen-bond acceptors (Lipinski definition) is 6. The fraction of sp³-hybridized carbons (Fsp3) is 0.533. The predicted molar refractivity (Wildman–Crippen MR) is 156 cm³/mol. The number of piperazine rings is 1. The van der Waals surface area contributed by atoms with Crippen LogP contribution in [0.5, 0.6) is 0 Å². The number of nitrogens with zero attached hydrogens (tertiary/aromatic N) is 5. The van der Waals surface area contributed by atoms with Gasteiger partial charge in [0.05, 0.1) is 34.7 Å². The van der Waals surface area contributed by atoms with Crippen molar-refractivity contribution in [2.45, 2.75) is 77.2 Å². The lowest BCUT2D eigenvalue weighted by Gasteiger charge is -2.44. The molecule has 2 amide bonds. The molecular weight excluding hydrogens is 567 g/mol. The molecule has 2 aromatic rings. The van der Waals surface area contributed by atoms with Gasteiger partial charge < -0.3 is 14.2 Å². The lowest BCUT2D eigenvalue weighted by Crippen LogP contribution is -2.58. The first-order valence-corrected chi connectivity index (χ1v) is 14.5. The summed E-state index contributed by atoms with van der Waals surface area (Å²) in [6.07, 6.45) is 1.88. The van der Waals surface area contributed by atoms with Crippen molar-refractivity contribution in [3.8, 4) is 6.07 Å². The third-order valence-corrected chi connectivity index (χ3v) is 8.63. The molecule has 226 valence electrons. The van der Waals surface area contributed by atoms with Crippen molar-refractivity contribution in [2.24, 2.45) is 0 Å². The molecule has 2 aliphatic rings. The Balaban J connectivity index is 1.27. The van der Waals surface area contributed by atoms with Crippen LogP contribution in [0.3, 0.4) is 0 Å². The number of alkyl halides is 3. The lowest BCUT2D eigenvalue weighted by molar-refractivity contribution is -0.137. The summed E-state index contributed by atoms with van der Waals surface area (Å²) in [5, 5.41) is 9.26. The number of furan rings is 1. The maximum absolute atomic E-state index is 13.5. The Morgan fingerprint density at radius 2 is 1.79 bits per heavy atom. The molecule has 0 unspecified atom stereocenters. The highest BCUT2D eigenvalue weighted by Gasteiger charge is 2.49. The molecule has 1 aromatic carbocycles. The summed E-state index contributed by atoms with van der Waals surface area (Å²) in [5.74, 6) is -0.415. The van der Waals surface area contributed by atoms with E-state index in [0.29, 0.717) is 18.7 Å². The van der Waals surface area contributed by atoms with E-state index in [-0.39, 0.29) is 28.8 Å². The predicted octanol–water partition coefficient (Wildman–Crippen LogP) is 5.68. The van der Waals surface area contributed by atoms with Crippen LogP contribution in [-0.4, -0.2) is 75.4 Å². The molecule has 0 radical (unpaired) electrons. The quantitative estimate of drug-likeness (QED) is 0.270. The van der Waals surface area contributed by atoms with Gasteiger partial charge in [0, 0.05) is 31.7 Å². The van der Waals surface area contributed by atoms with E-state index in [2.05, 4.69) is 18.7 Å². The Kier molecular flexibility index (Phi) is 9.33. The number of benzene rings is 1. The largest absolute Gasteiger partial charge is 0.472 e. The minimum absolute atomic E-state index is 0.00168. The Bertz CT molecular complexity index is 1350. The Labute approximate surface area is 249 Å². The number of carbonyl (C=O) groups is 2. The first kappa shape index (κ1) is 31.5. The van der Waals surface area contributed by atoms with E-state index >= 15 is 0 Å². The molecular formula is C30H36F3N5O3S. The van der Waals surface area contributed by atoms with Crippen LogP contribution in [0.2, 0.25) is 0 Å². The van der Waals surface area contributed by atoms with Crippen molar-refractivity contribution in [1.82, 2.24) is 14.7 Å². The molecule has 1 aromatic heterocycles. The average molecular weight is 604 g/mol. The Morgan fingerprint density at radius 1 is 1.10 bits per heavy atom. The van der Waals surface area contributed by atoms with Crippen molar-refractivity contribution in [1.29, 1.82) is 5.26 Å². The van der Waals surface area contributed by atoms with E-state index in [1.54, 1.807) is 30.9 Å². The SMILES string of the molecule is C[C@@H]1CN(C(=O)c2ccoc2)[C@@H](C)CN1CCCCCCN1C(=S)N(c2ccc(C#N)c(C(F)(F)F)c2)C(=O)C1(C)C. The zero-order valence-electron chi connectivity index (χ0n) is 24.3. The lowest BCUT2D eigenvalue weighted by atomic mass is 10.0. The molecule has 0 N–H and O–H groups in total. The molecule has 3 heterocycles. The van der Waals surface area contributed by atoms with Crippen molar-refractivity contribution < 1.29 is 27.2 Å². The second-order valence-corrected chi connectivity index (χ2v) is 11.9. The van der Waals surface area contributed by atoms with Gasteiger partial charge in [-0.3, -0.25) is 19.4 Å². The zero-order chi connectivity index (χ0) is 30.8. The van der Waals surface area contributed by atoms with Gasteiger partial charge in [-0.05, 0) is 83.6 Å². The molecule has 2 saturated heterocycles. The molecule has 12 heteroatoms. The molecule has 0 spiro atoms. The highest BCUT2D eigenvalue weighted by atomic mass is 32.1. The van der Waals surface area contributed by atoms with Crippen LogP contribution in [0.1, 0.15) is 74.9 Å². The van der Waals surface area contributed by atoms with E-state index < -0.39 is 28.7 Å². The standard InChI is InChI=1S/C30H36F3N5O3S/c1-20-18-36(26(39)23-11-14-41-19-23)21(2)17-35(20)12-7-5-6-8-13-37-28(42)38(27(40)29(37,3)4)24-10-9-22(16-34)25(15-24)30(31,32)33/h9-11,14-15,19-21H,5-8,12-13,17-18H2,1-4H3/t20-,21+/m1/s1. The minimum Gasteiger partial charge on any atom is -0.472 e. The highest BCUT2D eigenvalue weighted by Crippen LogP contribution is 2.38. The summed E-state index contributed by atoms with van der Waals surface area (Å²) in [6, 6.07) is 6.78. The number of unbranched alkanes of at least 4 members (excludes halogenated alkanes) is 3. The number of nitriles is 1. The number of rotatable bonds is 9. The van der Waals surface area contributed by atoms with Crippen molar-refractivity contribution >= 4 is 34.8 Å². The van der Waals surface area contributed by atoms with Gasteiger partial charge in [-0.25, -0.2) is 0 Å². The van der Waals surface area contributed by atoms with Crippen LogP contribution in [-0.2, 0) is 11.0 Å². The van der Waals surface area contributed by atoms with Crippen LogP contribution in [0.15, 0.2) is 41.2 Å². The monoisotopic (exact) mass is 603 g/mol. The summed E-state index contributed by atoms with van der Waals surface area (Å²) in [6.45, 7) is 10.5. The first-order chi connectivity index (χ1) is 19.8. The second-order valence-electron chi connectivity index (χ2n) is 11.5. The highest BCUT2D eigenvalue weighted by molar-refractivity contribution is 7.80. The summed E-state index contributed by atoms with van der Waals surface area (Å²) in [7, 11) is 0. The molecule has 4 rings (SSSR count). The first-order valence-electron chi connectivity index (χ1n) is 14.1. The number of hydrogen-bond donors (Lipinski definition) is 0. The van der Waals surface area contributed by atoms with Crippen molar-refractivity contribution in [3.05, 3.63) is 53.5 Å². The van der Waals surface area contributed by atoms with Gasteiger partial charge in [0.1, 0.15) is 11.8 Å². The summed E-state index contributed by atoms with van der Waals surface area (Å²) < 4.78 is 45.7. The fourth-order valence-electron chi connectivity index (χ4n) is 5.73. The smallest absolute Gasteiger partial charge is 0.417 e. The average Bonchev–Trinajstić information content (AvgIpc) is 3.53. The van der Waals surface area contributed by atoms with E-state index in [0.717, 1.165) is 55.8 Å². The molecule has 8 nitrogen and oxygen atoms in total. The van der Waals surface area contributed by atoms with E-state index in [9.17, 15) is 22.8 Å². The summed E-state index contributed by atoms with van der Waals surface area (Å²) in [5.41, 5.74) is -2.04. The number of halogens is 3. The number of amides is 2. The second kappa shape index (κ2) is 12.4. The molecule has 42 heavy (non-hydrogen) atoms. The molecule has 0 bridgehead atoms. The van der Waals surface area contributed by atoms with Crippen LogP contribution < -0.4 is 4.90 Å². The van der Waals surface area contributed by atoms with Gasteiger partial charge in [-0.15, -0.1) is 0 Å². The van der Waals surface area contributed by atoms with Gasteiger partial charge >= 0.3 is 6.18 Å². The van der Waals surface area contributed by atoms with Crippen LogP contribution in [0.25, 0.3) is 0 Å². The summed E-state index contributed by atoms with van der Waals surface area (Å²) >= 11 is 5.58. The molecule has 2 fully saturated rings. The normalized spacial score (nSPS) is 21.2. The zero-order valence-corrected chi connectivity index (χ0v) is 25.1. The molecule has 2 atom stereocenters. The number of carbonyl (C=O) groups excluding carboxylic acids is 2. The van der Waals surface area contributed by atoms with Gasteiger partial charge in [-0.1, -0.05) is 12.8 Å². The topological polar surface area (TPSA) is 84.0 Å². The third-order valence-electron chi connectivity index (χ3n) is 8.23. The van der Waals surface area contributed by atoms with Crippen molar-refractivity contribution in [2.75, 3.05) is 31.1 Å². The third kappa shape index (κ3) is 6.32. The van der Waals surface area contributed by atoms with Gasteiger partial charge in [-0.2, -0.15) is 18.4 Å². The van der Waals surface area contributed by atoms with Gasteiger partial charge in [0.15, 0.2) is 5.11 Å². The van der Waals surface area contributed by atoms with Crippen molar-refractivity contribution in [3.63, 3.8) is 0 Å². The number of anilines is 1. The number of thiocarbonyl (C=S) groups is 1. The van der Waals surface area contributed by atoms with Crippen LogP contribution >= 0.6 is 12.2 Å². The van der Waals surface area contributed by atoms with Gasteiger partial charge in [0.25, 0.3) is 11.8 Å². The molecule has 0 aliphatic carbocycles. The Hall–Kier alpha value is -3.43. The van der Waals surface area contributed by atoms with Crippen LogP contribution in [0.4, 0.5) is 18.9 Å². The van der Waals surface area contributed by atoms with E-state index in [1.807, 2.05) is 4.90 Å².